The summed E-state index contributed by atoms with van der Waals surface area (Å²) in [6, 6.07) is 21.8. The minimum absolute atomic E-state index is 0.0152. The molecule has 43 heavy (non-hydrogen) atoms. The number of methoxy groups -OCH3 is 1. The lowest BCUT2D eigenvalue weighted by atomic mass is 9.87. The SMILES string of the molecule is COC(=O)c1cccc(-c2ccc(CNC(=O)C3CC3c3ccccc3)c3c2CCN(C(=O)c2cn[nH]c2C2CC2)C3)c1. The Morgan fingerprint density at radius 3 is 2.65 bits per heavy atom. The van der Waals surface area contributed by atoms with Gasteiger partial charge in [0.1, 0.15) is 0 Å². The third kappa shape index (κ3) is 5.33. The first-order chi connectivity index (χ1) is 21.0. The number of benzene rings is 3. The molecule has 8 nitrogen and oxygen atoms in total. The number of carbonyl (C=O) groups is 3. The lowest BCUT2D eigenvalue weighted by Crippen LogP contribution is -2.37. The van der Waals surface area contributed by atoms with Gasteiger partial charge in [-0.1, -0.05) is 54.6 Å². The fourth-order valence-corrected chi connectivity index (χ4v) is 6.47. The number of H-pyrrole nitrogens is 1. The van der Waals surface area contributed by atoms with Crippen molar-refractivity contribution in [2.75, 3.05) is 13.7 Å². The highest BCUT2D eigenvalue weighted by molar-refractivity contribution is 5.96. The highest BCUT2D eigenvalue weighted by Crippen LogP contribution is 2.47. The van der Waals surface area contributed by atoms with Gasteiger partial charge >= 0.3 is 5.97 Å². The van der Waals surface area contributed by atoms with Crippen molar-refractivity contribution in [1.82, 2.24) is 20.4 Å². The molecule has 2 amide bonds. The number of amides is 2. The summed E-state index contributed by atoms with van der Waals surface area (Å²) >= 11 is 0. The van der Waals surface area contributed by atoms with Crippen LogP contribution in [0.25, 0.3) is 11.1 Å². The molecule has 0 radical (unpaired) electrons. The van der Waals surface area contributed by atoms with Gasteiger partial charge in [-0.2, -0.15) is 5.10 Å². The van der Waals surface area contributed by atoms with E-state index in [0.717, 1.165) is 52.8 Å². The van der Waals surface area contributed by atoms with E-state index in [1.807, 2.05) is 47.4 Å². The number of ether oxygens (including phenoxy) is 1. The standard InChI is InChI=1S/C35H34N4O4/c1-43-35(42)24-9-5-8-23(16-24)26-13-12-25(18-36-33(40)29-17-28(29)21-6-3-2-4-7-21)31-20-39(15-14-27(26)31)34(41)30-19-37-38-32(30)22-10-11-22/h2-9,12-13,16,19,22,28-29H,10-11,14-15,17-18,20H2,1H3,(H,36,40)(H,37,38). The van der Waals surface area contributed by atoms with E-state index in [1.54, 1.807) is 12.3 Å². The van der Waals surface area contributed by atoms with E-state index in [4.69, 9.17) is 4.74 Å². The van der Waals surface area contributed by atoms with Gasteiger partial charge in [0.25, 0.3) is 5.91 Å². The van der Waals surface area contributed by atoms with Crippen LogP contribution in [0, 0.1) is 5.92 Å². The predicted molar refractivity (Wildman–Crippen MR) is 161 cm³/mol. The van der Waals surface area contributed by atoms with Crippen molar-refractivity contribution in [3.63, 3.8) is 0 Å². The minimum Gasteiger partial charge on any atom is -0.465 e. The molecule has 0 spiro atoms. The topological polar surface area (TPSA) is 104 Å². The van der Waals surface area contributed by atoms with Gasteiger partial charge in [0.15, 0.2) is 0 Å². The van der Waals surface area contributed by atoms with Gasteiger partial charge in [-0.05, 0) is 77.1 Å². The monoisotopic (exact) mass is 574 g/mol. The first-order valence-electron chi connectivity index (χ1n) is 15.0. The Bertz CT molecular complexity index is 1710. The summed E-state index contributed by atoms with van der Waals surface area (Å²) in [5.41, 5.74) is 8.42. The van der Waals surface area contributed by atoms with Crippen molar-refractivity contribution >= 4 is 17.8 Å². The predicted octanol–water partition coefficient (Wildman–Crippen LogP) is 5.36. The van der Waals surface area contributed by atoms with Gasteiger partial charge in [-0.15, -0.1) is 0 Å². The molecule has 2 N–H and O–H groups in total. The minimum atomic E-state index is -0.382. The van der Waals surface area contributed by atoms with Crippen molar-refractivity contribution in [3.05, 3.63) is 112 Å². The number of aromatic amines is 1. The van der Waals surface area contributed by atoms with Crippen LogP contribution in [0.3, 0.4) is 0 Å². The second-order valence-electron chi connectivity index (χ2n) is 11.8. The number of fused-ring (bicyclic) bond motifs is 1. The zero-order valence-corrected chi connectivity index (χ0v) is 24.1. The van der Waals surface area contributed by atoms with Gasteiger partial charge in [0, 0.05) is 31.5 Å². The molecule has 3 aliphatic rings. The molecule has 2 fully saturated rings. The molecule has 2 heterocycles. The van der Waals surface area contributed by atoms with Gasteiger partial charge in [0.2, 0.25) is 5.91 Å². The Morgan fingerprint density at radius 1 is 1.02 bits per heavy atom. The Morgan fingerprint density at radius 2 is 1.86 bits per heavy atom. The smallest absolute Gasteiger partial charge is 0.337 e. The number of hydrogen-bond acceptors (Lipinski definition) is 5. The van der Waals surface area contributed by atoms with E-state index in [0.29, 0.717) is 43.1 Å². The molecule has 0 bridgehead atoms. The summed E-state index contributed by atoms with van der Waals surface area (Å²) in [5.74, 6) is 0.307. The Balaban J connectivity index is 1.17. The summed E-state index contributed by atoms with van der Waals surface area (Å²) in [6.07, 6.45) is 5.33. The van der Waals surface area contributed by atoms with E-state index in [1.165, 1.54) is 12.7 Å². The quantitative estimate of drug-likeness (QED) is 0.276. The van der Waals surface area contributed by atoms with Crippen LogP contribution in [0.2, 0.25) is 0 Å². The molecule has 1 aromatic heterocycles. The van der Waals surface area contributed by atoms with Crippen molar-refractivity contribution < 1.29 is 19.1 Å². The third-order valence-corrected chi connectivity index (χ3v) is 9.08. The van der Waals surface area contributed by atoms with Crippen molar-refractivity contribution in [1.29, 1.82) is 0 Å². The van der Waals surface area contributed by atoms with Gasteiger partial charge in [0.05, 0.1) is 30.1 Å². The van der Waals surface area contributed by atoms with Crippen LogP contribution in [0.5, 0.6) is 0 Å². The molecule has 8 heteroatoms. The van der Waals surface area contributed by atoms with E-state index >= 15 is 0 Å². The number of hydrogen-bond donors (Lipinski definition) is 2. The summed E-state index contributed by atoms with van der Waals surface area (Å²) in [4.78, 5) is 41.0. The summed E-state index contributed by atoms with van der Waals surface area (Å²) in [6.45, 7) is 1.40. The van der Waals surface area contributed by atoms with E-state index < -0.39 is 0 Å². The first-order valence-corrected chi connectivity index (χ1v) is 15.0. The number of esters is 1. The Labute approximate surface area is 250 Å². The van der Waals surface area contributed by atoms with Crippen LogP contribution in [0.15, 0.2) is 72.9 Å². The van der Waals surface area contributed by atoms with Crippen LogP contribution in [-0.2, 0) is 29.0 Å². The molecule has 1 aliphatic heterocycles. The second-order valence-corrected chi connectivity index (χ2v) is 11.8. The van der Waals surface area contributed by atoms with Crippen LogP contribution in [-0.4, -0.2) is 46.5 Å². The number of nitrogens with zero attached hydrogens (tertiary/aromatic N) is 2. The maximum Gasteiger partial charge on any atom is 0.337 e. The zero-order chi connectivity index (χ0) is 29.5. The number of carbonyl (C=O) groups excluding carboxylic acids is 3. The molecular weight excluding hydrogens is 540 g/mol. The normalized spacial score (nSPS) is 19.0. The highest BCUT2D eigenvalue weighted by atomic mass is 16.5. The number of nitrogens with one attached hydrogen (secondary N) is 2. The molecule has 2 unspecified atom stereocenters. The second kappa shape index (κ2) is 11.2. The number of aromatic nitrogens is 2. The average Bonchev–Trinajstić information content (AvgIpc) is 4.00. The molecular formula is C35H34N4O4. The van der Waals surface area contributed by atoms with E-state index in [9.17, 15) is 14.4 Å². The molecule has 0 saturated heterocycles. The van der Waals surface area contributed by atoms with Gasteiger partial charge in [-0.25, -0.2) is 4.79 Å². The summed E-state index contributed by atoms with van der Waals surface area (Å²) in [7, 11) is 1.38. The van der Waals surface area contributed by atoms with Crippen LogP contribution >= 0.6 is 0 Å². The molecule has 2 saturated carbocycles. The zero-order valence-electron chi connectivity index (χ0n) is 24.1. The van der Waals surface area contributed by atoms with Crippen molar-refractivity contribution in [3.8, 4) is 11.1 Å². The third-order valence-electron chi connectivity index (χ3n) is 9.08. The largest absolute Gasteiger partial charge is 0.465 e. The molecule has 2 atom stereocenters. The van der Waals surface area contributed by atoms with E-state index in [2.05, 4.69) is 33.7 Å². The summed E-state index contributed by atoms with van der Waals surface area (Å²) in [5, 5.41) is 10.4. The lowest BCUT2D eigenvalue weighted by Gasteiger charge is -2.32. The molecule has 2 aliphatic carbocycles. The molecule has 3 aromatic carbocycles. The number of rotatable bonds is 8. The van der Waals surface area contributed by atoms with E-state index in [-0.39, 0.29) is 29.6 Å². The maximum atomic E-state index is 13.7. The molecule has 218 valence electrons. The lowest BCUT2D eigenvalue weighted by molar-refractivity contribution is -0.122. The Hall–Kier alpha value is -4.72. The first kappa shape index (κ1) is 27.1. The van der Waals surface area contributed by atoms with Crippen molar-refractivity contribution in [2.24, 2.45) is 5.92 Å². The van der Waals surface area contributed by atoms with Gasteiger partial charge in [-0.3, -0.25) is 14.7 Å². The average molecular weight is 575 g/mol. The van der Waals surface area contributed by atoms with Gasteiger partial charge < -0.3 is 15.0 Å². The van der Waals surface area contributed by atoms with Crippen molar-refractivity contribution in [2.45, 2.75) is 50.6 Å². The molecule has 7 rings (SSSR count). The fraction of sp³-hybridized carbons (Fsp3) is 0.314. The Kier molecular flexibility index (Phi) is 7.05. The summed E-state index contributed by atoms with van der Waals surface area (Å²) < 4.78 is 4.95. The highest BCUT2D eigenvalue weighted by Gasteiger charge is 2.43. The fourth-order valence-electron chi connectivity index (χ4n) is 6.47. The van der Waals surface area contributed by atoms with Crippen LogP contribution < -0.4 is 5.32 Å². The van der Waals surface area contributed by atoms with Crippen LogP contribution in [0.4, 0.5) is 0 Å². The molecule has 4 aromatic rings. The van der Waals surface area contributed by atoms with Crippen LogP contribution in [0.1, 0.15) is 79.8 Å². The maximum absolute atomic E-state index is 13.7.